The molecule has 9 nitrogen and oxygen atoms in total. The molecule has 0 radical (unpaired) electrons. The second-order valence-electron chi connectivity index (χ2n) is 6.14. The van der Waals surface area contributed by atoms with Crippen LogP contribution in [-0.2, 0) is 26.2 Å². The lowest BCUT2D eigenvalue weighted by molar-refractivity contribution is -0.145. The number of primary sulfonamides is 1. The van der Waals surface area contributed by atoms with Crippen molar-refractivity contribution in [3.05, 3.63) is 41.6 Å². The molecular formula is C17H20N4O5S. The van der Waals surface area contributed by atoms with Crippen molar-refractivity contribution < 1.29 is 23.1 Å². The topological polar surface area (TPSA) is 154 Å². The number of carbonyl (C=O) groups excluding carboxylic acids is 1. The van der Waals surface area contributed by atoms with Crippen LogP contribution in [0.3, 0.4) is 0 Å². The minimum absolute atomic E-state index is 0.000512. The van der Waals surface area contributed by atoms with Gasteiger partial charge in [0.2, 0.25) is 10.0 Å². The van der Waals surface area contributed by atoms with Gasteiger partial charge in [0, 0.05) is 25.8 Å². The normalized spacial score (nSPS) is 15.9. The molecule has 4 N–H and O–H groups in total. The zero-order valence-corrected chi connectivity index (χ0v) is 15.3. The molecule has 1 saturated heterocycles. The van der Waals surface area contributed by atoms with Gasteiger partial charge in [-0.3, -0.25) is 9.59 Å². The molecule has 2 rings (SSSR count). The zero-order valence-electron chi connectivity index (χ0n) is 14.5. The van der Waals surface area contributed by atoms with Crippen LogP contribution < -0.4 is 10.5 Å². The fourth-order valence-corrected chi connectivity index (χ4v) is 3.23. The third-order valence-corrected chi connectivity index (χ3v) is 5.22. The van der Waals surface area contributed by atoms with Crippen molar-refractivity contribution in [3.63, 3.8) is 0 Å². The maximum atomic E-state index is 12.4. The summed E-state index contributed by atoms with van der Waals surface area (Å²) in [5.74, 6) is -1.77. The average Bonchev–Trinajstić information content (AvgIpc) is 2.64. The fraction of sp³-hybridized carbons (Fsp3) is 0.353. The summed E-state index contributed by atoms with van der Waals surface area (Å²) < 4.78 is 22.4. The maximum Gasteiger partial charge on any atom is 0.306 e. The van der Waals surface area contributed by atoms with Gasteiger partial charge in [0.05, 0.1) is 10.8 Å². The van der Waals surface area contributed by atoms with Gasteiger partial charge in [0.25, 0.3) is 5.91 Å². The van der Waals surface area contributed by atoms with Gasteiger partial charge in [-0.25, -0.2) is 13.6 Å². The van der Waals surface area contributed by atoms with E-state index >= 15 is 0 Å². The molecule has 0 spiro atoms. The number of piperidine rings is 1. The predicted molar refractivity (Wildman–Crippen MR) is 95.3 cm³/mol. The van der Waals surface area contributed by atoms with Gasteiger partial charge in [-0.2, -0.15) is 5.26 Å². The molecule has 1 aromatic carbocycles. The Morgan fingerprint density at radius 3 is 2.37 bits per heavy atom. The van der Waals surface area contributed by atoms with Crippen molar-refractivity contribution in [2.75, 3.05) is 13.1 Å². The number of aliphatic carboxylic acids is 1. The van der Waals surface area contributed by atoms with Crippen LogP contribution in [0, 0.1) is 17.2 Å². The number of carboxylic acid groups (broad SMARTS) is 1. The van der Waals surface area contributed by atoms with E-state index in [1.165, 1.54) is 23.2 Å². The van der Waals surface area contributed by atoms with Crippen LogP contribution in [0.25, 0.3) is 0 Å². The van der Waals surface area contributed by atoms with Crippen LogP contribution in [0.2, 0.25) is 0 Å². The molecular weight excluding hydrogens is 372 g/mol. The summed E-state index contributed by atoms with van der Waals surface area (Å²) in [7, 11) is -3.75. The molecule has 1 aliphatic heterocycles. The largest absolute Gasteiger partial charge is 0.481 e. The van der Waals surface area contributed by atoms with E-state index in [0.29, 0.717) is 25.9 Å². The number of carbonyl (C=O) groups is 2. The quantitative estimate of drug-likeness (QED) is 0.460. The number of nitrogens with zero attached hydrogens (tertiary/aromatic N) is 2. The summed E-state index contributed by atoms with van der Waals surface area (Å²) in [6.45, 7) is 0.873. The van der Waals surface area contributed by atoms with E-state index in [1.54, 1.807) is 12.1 Å². The number of amides is 1. The number of nitrogens with one attached hydrogen (secondary N) is 1. The van der Waals surface area contributed by atoms with Crippen molar-refractivity contribution in [2.45, 2.75) is 24.3 Å². The summed E-state index contributed by atoms with van der Waals surface area (Å²) in [5, 5.41) is 26.1. The minimum atomic E-state index is -3.75. The first kappa shape index (κ1) is 20.4. The number of benzene rings is 1. The molecule has 1 amide bonds. The van der Waals surface area contributed by atoms with Crippen molar-refractivity contribution in [2.24, 2.45) is 11.1 Å². The van der Waals surface area contributed by atoms with E-state index < -0.39 is 27.8 Å². The highest BCUT2D eigenvalue weighted by Crippen LogP contribution is 2.18. The van der Waals surface area contributed by atoms with Gasteiger partial charge in [0.15, 0.2) is 0 Å². The van der Waals surface area contributed by atoms with E-state index in [0.717, 1.165) is 5.56 Å². The highest BCUT2D eigenvalue weighted by Gasteiger charge is 2.28. The number of rotatable bonds is 6. The fourth-order valence-electron chi connectivity index (χ4n) is 2.71. The second kappa shape index (κ2) is 8.66. The number of sulfonamides is 1. The highest BCUT2D eigenvalue weighted by molar-refractivity contribution is 7.89. The Labute approximate surface area is 157 Å². The number of nitriles is 1. The van der Waals surface area contributed by atoms with Gasteiger partial charge in [-0.1, -0.05) is 12.1 Å². The van der Waals surface area contributed by atoms with Crippen molar-refractivity contribution in [3.8, 4) is 6.07 Å². The Kier molecular flexibility index (Phi) is 6.55. The first-order chi connectivity index (χ1) is 12.7. The lowest BCUT2D eigenvalue weighted by Crippen LogP contribution is -2.41. The predicted octanol–water partition coefficient (Wildman–Crippen LogP) is 0.154. The van der Waals surface area contributed by atoms with Crippen LogP contribution in [0.4, 0.5) is 0 Å². The van der Waals surface area contributed by atoms with E-state index in [4.69, 9.17) is 10.2 Å². The molecule has 1 aromatic rings. The van der Waals surface area contributed by atoms with Gasteiger partial charge in [-0.05, 0) is 30.5 Å². The number of carboxylic acids is 1. The smallest absolute Gasteiger partial charge is 0.306 e. The Balaban J connectivity index is 1.93. The molecule has 10 heteroatoms. The molecule has 1 heterocycles. The summed E-state index contributed by atoms with van der Waals surface area (Å²) in [4.78, 5) is 24.8. The highest BCUT2D eigenvalue weighted by atomic mass is 32.2. The van der Waals surface area contributed by atoms with Crippen LogP contribution in [0.15, 0.2) is 40.9 Å². The monoisotopic (exact) mass is 392 g/mol. The van der Waals surface area contributed by atoms with Crippen molar-refractivity contribution >= 4 is 21.9 Å². The lowest BCUT2D eigenvalue weighted by atomic mass is 9.97. The SMILES string of the molecule is N#C/C(=C/NCc1ccc(S(N)(=O)=O)cc1)C(=O)N1CCC(C(=O)O)CC1. The van der Waals surface area contributed by atoms with Gasteiger partial charge in [0.1, 0.15) is 11.6 Å². The number of likely N-dealkylation sites (tertiary alicyclic amines) is 1. The van der Waals surface area contributed by atoms with Crippen LogP contribution in [0.5, 0.6) is 0 Å². The Hall–Kier alpha value is -2.90. The van der Waals surface area contributed by atoms with Gasteiger partial charge in [-0.15, -0.1) is 0 Å². The van der Waals surface area contributed by atoms with Gasteiger partial charge >= 0.3 is 5.97 Å². The van der Waals surface area contributed by atoms with E-state index in [1.807, 2.05) is 6.07 Å². The molecule has 27 heavy (non-hydrogen) atoms. The third kappa shape index (κ3) is 5.54. The van der Waals surface area contributed by atoms with E-state index in [-0.39, 0.29) is 17.0 Å². The molecule has 0 atom stereocenters. The number of nitrogens with two attached hydrogens (primary N) is 1. The summed E-state index contributed by atoms with van der Waals surface area (Å²) in [6.07, 6.45) is 2.03. The molecule has 1 aliphatic rings. The zero-order chi connectivity index (χ0) is 20.0. The van der Waals surface area contributed by atoms with Gasteiger partial charge < -0.3 is 15.3 Å². The Morgan fingerprint density at radius 2 is 1.89 bits per heavy atom. The minimum Gasteiger partial charge on any atom is -0.481 e. The third-order valence-electron chi connectivity index (χ3n) is 4.29. The maximum absolute atomic E-state index is 12.4. The molecule has 144 valence electrons. The molecule has 0 unspecified atom stereocenters. The molecule has 0 aliphatic carbocycles. The molecule has 1 fully saturated rings. The Bertz CT molecular complexity index is 879. The first-order valence-corrected chi connectivity index (χ1v) is 9.74. The van der Waals surface area contributed by atoms with Crippen molar-refractivity contribution in [1.82, 2.24) is 10.2 Å². The van der Waals surface area contributed by atoms with Crippen LogP contribution in [-0.4, -0.2) is 43.4 Å². The number of hydrogen-bond donors (Lipinski definition) is 3. The Morgan fingerprint density at radius 1 is 1.30 bits per heavy atom. The van der Waals surface area contributed by atoms with E-state index in [9.17, 15) is 23.3 Å². The molecule has 0 aromatic heterocycles. The lowest BCUT2D eigenvalue weighted by Gasteiger charge is -2.29. The summed E-state index contributed by atoms with van der Waals surface area (Å²) in [5.41, 5.74) is 0.663. The standard InChI is InChI=1S/C17H20N4O5S/c18-9-14(16(22)21-7-5-13(6-8-21)17(23)24)11-20-10-12-1-3-15(4-2-12)27(19,25)26/h1-4,11,13,20H,5-8,10H2,(H,23,24)(H2,19,25,26)/b14-11-. The summed E-state index contributed by atoms with van der Waals surface area (Å²) in [6, 6.07) is 7.74. The molecule has 0 bridgehead atoms. The second-order valence-corrected chi connectivity index (χ2v) is 7.71. The first-order valence-electron chi connectivity index (χ1n) is 8.20. The van der Waals surface area contributed by atoms with E-state index in [2.05, 4.69) is 5.32 Å². The van der Waals surface area contributed by atoms with Crippen LogP contribution in [0.1, 0.15) is 18.4 Å². The average molecular weight is 392 g/mol. The summed E-state index contributed by atoms with van der Waals surface area (Å²) >= 11 is 0. The number of hydrogen-bond acceptors (Lipinski definition) is 6. The van der Waals surface area contributed by atoms with Crippen LogP contribution >= 0.6 is 0 Å². The molecule has 0 saturated carbocycles. The van der Waals surface area contributed by atoms with Crippen molar-refractivity contribution in [1.29, 1.82) is 5.26 Å².